The van der Waals surface area contributed by atoms with Gasteiger partial charge in [0.25, 0.3) is 0 Å². The van der Waals surface area contributed by atoms with E-state index in [9.17, 15) is 73.8 Å². The third kappa shape index (κ3) is 57.5. The standard InChI is InChI=1S/3C8H14O4.3C6H5.3C2H3O2.3Sn/c3*9-7(10)5-3-1-2-4-6-8(11)12;3*1-2-4-6-5-3-1;3*1-4-2-3;;;/h3*1-6H2,(H,9,10)(H,11,12);3*1-5H;3*1H3;;;/q;;;;;;;;;3*+2/p-6. The van der Waals surface area contributed by atoms with E-state index >= 15 is 0 Å². The Labute approximate surface area is 434 Å². The Kier molecular flexibility index (Phi) is 49.4. The summed E-state index contributed by atoms with van der Waals surface area (Å²) in [6.07, 6.45) is 8.18. The van der Waals surface area contributed by atoms with Gasteiger partial charge in [-0.15, -0.1) is 0 Å². The summed E-state index contributed by atoms with van der Waals surface area (Å²) in [5.74, 6) is -6.28. The predicted molar refractivity (Wildman–Crippen MR) is 246 cm³/mol. The Balaban J connectivity index is -0.000000758. The molecule has 0 aliphatic carbocycles. The van der Waals surface area contributed by atoms with Crippen molar-refractivity contribution in [2.24, 2.45) is 0 Å². The quantitative estimate of drug-likeness (QED) is 0.0493. The molecule has 3 rings (SSSR count). The van der Waals surface area contributed by atoms with Gasteiger partial charge in [0.1, 0.15) is 0 Å². The van der Waals surface area contributed by atoms with E-state index in [4.69, 9.17) is 0 Å². The van der Waals surface area contributed by atoms with Gasteiger partial charge in [-0.2, -0.15) is 0 Å². The Hall–Kier alpha value is -4.71. The number of hydrogen-bond acceptors (Lipinski definition) is 18. The average molecular weight is 1280 g/mol. The fraction of sp³-hybridized carbons (Fsp3) is 0.438. The molecule has 18 nitrogen and oxygen atoms in total. The summed E-state index contributed by atoms with van der Waals surface area (Å²) < 4.78 is 17.2. The van der Waals surface area contributed by atoms with E-state index in [0.29, 0.717) is 38.5 Å². The maximum Gasteiger partial charge on any atom is 0.0414 e. The number of methoxy groups -OCH3 is 3. The van der Waals surface area contributed by atoms with Gasteiger partial charge in [-0.1, -0.05) is 38.5 Å². The minimum absolute atomic E-state index is 0.0280. The van der Waals surface area contributed by atoms with Crippen LogP contribution in [0.4, 0.5) is 14.4 Å². The molecule has 0 fully saturated rings. The normalized spacial score (nSPS) is 9.09. The molecule has 3 aromatic carbocycles. The number of carboxylic acid groups (broad SMARTS) is 6. The first-order valence-electron chi connectivity index (χ1n) is 21.8. The van der Waals surface area contributed by atoms with Crippen LogP contribution < -0.4 is 41.4 Å². The number of aliphatic carboxylic acids is 6. The number of carboxylic acids is 6. The van der Waals surface area contributed by atoms with Gasteiger partial charge in [0.15, 0.2) is 0 Å². The molecule has 0 saturated heterocycles. The monoisotopic (exact) mass is 1280 g/mol. The van der Waals surface area contributed by atoms with Crippen LogP contribution in [0, 0.1) is 0 Å². The predicted octanol–water partition coefficient (Wildman–Crippen LogP) is -1.17. The molecule has 0 bridgehead atoms. The molecular formula is C48H60O18Sn3. The maximum absolute atomic E-state index is 10.8. The number of ether oxygens (including phenoxy) is 3. The zero-order valence-corrected chi connectivity index (χ0v) is 47.8. The molecule has 0 heterocycles. The van der Waals surface area contributed by atoms with E-state index in [1.807, 2.05) is 91.0 Å². The molecule has 0 N–H and O–H groups in total. The topological polar surface area (TPSA) is 320 Å². The summed E-state index contributed by atoms with van der Waals surface area (Å²) in [4.78, 5) is 92.1. The molecule has 3 aromatic rings. The third-order valence-electron chi connectivity index (χ3n) is 8.15. The molecule has 69 heavy (non-hydrogen) atoms. The molecule has 0 atom stereocenters. The number of benzene rings is 3. The zero-order chi connectivity index (χ0) is 52.5. The molecule has 0 spiro atoms. The Morgan fingerprint density at radius 3 is 0.594 bits per heavy atom. The Morgan fingerprint density at radius 1 is 0.304 bits per heavy atom. The van der Waals surface area contributed by atoms with Crippen molar-refractivity contribution in [3.63, 3.8) is 0 Å². The first kappa shape index (κ1) is 68.6. The number of unbranched alkanes of at least 4 members (excludes halogenated alkanes) is 9. The SMILES string of the molecule is CO[C](=O)[Sn+2][c]1ccccc1.CO[C](=O)[Sn+2][c]1ccccc1.CO[C](=O)[Sn+2][c]1ccccc1.O=C([O-])CCCCCCC(=O)[O-].O=C([O-])CCCCCCC(=O)[O-].O=C([O-])CCCCCCC(=O)[O-]. The fourth-order valence-electron chi connectivity index (χ4n) is 4.75. The van der Waals surface area contributed by atoms with Crippen LogP contribution in [0.1, 0.15) is 116 Å². The first-order valence-corrected chi connectivity index (χ1v) is 30.3. The van der Waals surface area contributed by atoms with Crippen LogP contribution in [0.15, 0.2) is 91.0 Å². The van der Waals surface area contributed by atoms with Crippen LogP contribution in [0.3, 0.4) is 0 Å². The number of carbonyl (C=O) groups is 9. The van der Waals surface area contributed by atoms with Crippen molar-refractivity contribution in [2.75, 3.05) is 21.3 Å². The van der Waals surface area contributed by atoms with Gasteiger partial charge in [0, 0.05) is 35.8 Å². The van der Waals surface area contributed by atoms with Gasteiger partial charge < -0.3 is 59.4 Å². The van der Waals surface area contributed by atoms with Crippen LogP contribution in [0.25, 0.3) is 0 Å². The molecule has 0 aliphatic heterocycles. The molecular weight excluding hydrogens is 1220 g/mol. The second kappa shape index (κ2) is 49.7. The van der Waals surface area contributed by atoms with Crippen LogP contribution in [-0.4, -0.2) is 133 Å². The van der Waals surface area contributed by atoms with Gasteiger partial charge in [0.2, 0.25) is 0 Å². The van der Waals surface area contributed by atoms with Crippen molar-refractivity contribution >= 4 is 122 Å². The van der Waals surface area contributed by atoms with Crippen LogP contribution >= 0.6 is 0 Å². The molecule has 0 aliphatic rings. The van der Waals surface area contributed by atoms with Crippen molar-refractivity contribution in [2.45, 2.75) is 116 Å². The second-order valence-electron chi connectivity index (χ2n) is 13.9. The van der Waals surface area contributed by atoms with E-state index in [1.54, 1.807) is 0 Å². The van der Waals surface area contributed by atoms with Crippen molar-refractivity contribution in [3.8, 4) is 0 Å². The summed E-state index contributed by atoms with van der Waals surface area (Å²) in [7, 11) is 4.31. The molecule has 0 aromatic heterocycles. The summed E-state index contributed by atoms with van der Waals surface area (Å²) in [6, 6.07) is 29.3. The minimum atomic E-state index is -1.12. The summed E-state index contributed by atoms with van der Waals surface area (Å²) >= 11 is -3.36. The number of carbonyl (C=O) groups excluding carboxylic acids is 9. The van der Waals surface area contributed by atoms with Crippen molar-refractivity contribution in [1.82, 2.24) is 0 Å². The van der Waals surface area contributed by atoms with Crippen LogP contribution in [0.2, 0.25) is 0 Å². The Morgan fingerprint density at radius 2 is 0.464 bits per heavy atom. The Bertz CT molecular complexity index is 1580. The summed E-state index contributed by atoms with van der Waals surface area (Å²) in [5, 5.41) is 59.5. The van der Waals surface area contributed by atoms with E-state index in [1.165, 1.54) is 21.3 Å². The van der Waals surface area contributed by atoms with Gasteiger partial charge in [-0.3, -0.25) is 0 Å². The molecule has 0 radical (unpaired) electrons. The van der Waals surface area contributed by atoms with Crippen LogP contribution in [0.5, 0.6) is 0 Å². The van der Waals surface area contributed by atoms with E-state index in [0.717, 1.165) is 49.3 Å². The van der Waals surface area contributed by atoms with Gasteiger partial charge >= 0.3 is 227 Å². The fourth-order valence-corrected chi connectivity index (χ4v) is 10.7. The minimum Gasteiger partial charge on any atom is -0.550 e. The van der Waals surface area contributed by atoms with E-state index in [2.05, 4.69) is 14.2 Å². The second-order valence-corrected chi connectivity index (χ2v) is 24.5. The van der Waals surface area contributed by atoms with E-state index < -0.39 is 99.2 Å². The third-order valence-corrected chi connectivity index (χ3v) is 17.0. The van der Waals surface area contributed by atoms with Gasteiger partial charge in [-0.05, 0) is 77.0 Å². The average Bonchev–Trinajstić information content (AvgIpc) is 3.31. The number of hydrogen-bond donors (Lipinski definition) is 0. The molecule has 0 saturated carbocycles. The number of rotatable bonds is 27. The summed E-state index contributed by atoms with van der Waals surface area (Å²) in [5.41, 5.74) is 0. The molecule has 372 valence electrons. The molecule has 0 amide bonds. The maximum atomic E-state index is 10.8. The molecule has 0 unspecified atom stereocenters. The van der Waals surface area contributed by atoms with E-state index in [-0.39, 0.29) is 50.5 Å². The van der Waals surface area contributed by atoms with Gasteiger partial charge in [0.05, 0.1) is 0 Å². The van der Waals surface area contributed by atoms with Crippen molar-refractivity contribution in [3.05, 3.63) is 91.0 Å². The summed E-state index contributed by atoms with van der Waals surface area (Å²) in [6.45, 7) is 0. The van der Waals surface area contributed by atoms with Gasteiger partial charge in [-0.25, -0.2) is 0 Å². The molecule has 21 heteroatoms. The van der Waals surface area contributed by atoms with Crippen molar-refractivity contribution < 1.29 is 88.0 Å². The smallest absolute Gasteiger partial charge is 0.0414 e. The zero-order valence-electron chi connectivity index (χ0n) is 39.2. The largest absolute Gasteiger partial charge is 0.550 e. The van der Waals surface area contributed by atoms with Crippen molar-refractivity contribution in [1.29, 1.82) is 0 Å². The first-order chi connectivity index (χ1) is 32.9. The van der Waals surface area contributed by atoms with Crippen LogP contribution in [-0.2, 0) is 43.0 Å².